The maximum Gasteiger partial charge on any atom is 0.320 e. The molecule has 3 saturated heterocycles. The number of nitrogens with zero attached hydrogens (tertiary/aromatic N) is 6. The van der Waals surface area contributed by atoms with Crippen molar-refractivity contribution in [1.29, 1.82) is 0 Å². The summed E-state index contributed by atoms with van der Waals surface area (Å²) >= 11 is 0. The predicted molar refractivity (Wildman–Crippen MR) is 126 cm³/mol. The van der Waals surface area contributed by atoms with Crippen LogP contribution < -0.4 is 4.90 Å². The summed E-state index contributed by atoms with van der Waals surface area (Å²) in [4.78, 5) is 40.2. The van der Waals surface area contributed by atoms with Gasteiger partial charge in [-0.1, -0.05) is 0 Å². The van der Waals surface area contributed by atoms with Gasteiger partial charge in [-0.3, -0.25) is 9.78 Å². The van der Waals surface area contributed by atoms with Crippen molar-refractivity contribution < 1.29 is 9.59 Å². The number of carbonyl (C=O) groups is 2. The molecule has 1 spiro atoms. The summed E-state index contributed by atoms with van der Waals surface area (Å²) in [6, 6.07) is 4.19. The number of hydrogen-bond acceptors (Lipinski definition) is 5. The highest BCUT2D eigenvalue weighted by Crippen LogP contribution is 2.42. The van der Waals surface area contributed by atoms with E-state index in [4.69, 9.17) is 0 Å². The Kier molecular flexibility index (Phi) is 6.34. The maximum atomic E-state index is 13.1. The molecule has 32 heavy (non-hydrogen) atoms. The largest absolute Gasteiger partial charge is 0.371 e. The van der Waals surface area contributed by atoms with Gasteiger partial charge in [0.2, 0.25) is 5.91 Å². The van der Waals surface area contributed by atoms with Crippen molar-refractivity contribution in [2.75, 3.05) is 71.4 Å². The van der Waals surface area contributed by atoms with Crippen LogP contribution in [0, 0.1) is 5.41 Å². The van der Waals surface area contributed by atoms with Gasteiger partial charge in [0.25, 0.3) is 0 Å². The summed E-state index contributed by atoms with van der Waals surface area (Å²) in [5, 5.41) is 0. The zero-order chi connectivity index (χ0) is 22.9. The molecule has 0 unspecified atom stereocenters. The lowest BCUT2D eigenvalue weighted by molar-refractivity contribution is -0.136. The van der Waals surface area contributed by atoms with E-state index in [2.05, 4.69) is 40.8 Å². The van der Waals surface area contributed by atoms with Crippen molar-refractivity contribution in [1.82, 2.24) is 24.6 Å². The van der Waals surface area contributed by atoms with Gasteiger partial charge < -0.3 is 24.5 Å². The number of likely N-dealkylation sites (N-methyl/N-ethyl adjacent to an activating group) is 1. The number of likely N-dealkylation sites (tertiary alicyclic amines) is 1. The lowest BCUT2D eigenvalue weighted by Crippen LogP contribution is -2.60. The number of amides is 3. The third kappa shape index (κ3) is 4.70. The molecule has 1 aromatic rings. The van der Waals surface area contributed by atoms with E-state index in [0.29, 0.717) is 25.0 Å². The van der Waals surface area contributed by atoms with E-state index < -0.39 is 0 Å². The molecule has 0 N–H and O–H groups in total. The molecular formula is C24H38N6O2. The zero-order valence-corrected chi connectivity index (χ0v) is 20.1. The fourth-order valence-corrected chi connectivity index (χ4v) is 5.14. The second-order valence-electron chi connectivity index (χ2n) is 10.6. The number of rotatable bonds is 4. The average molecular weight is 443 g/mol. The molecule has 3 fully saturated rings. The van der Waals surface area contributed by atoms with E-state index in [1.807, 2.05) is 36.3 Å². The first-order valence-electron chi connectivity index (χ1n) is 11.8. The highest BCUT2D eigenvalue weighted by Gasteiger charge is 2.42. The number of anilines is 1. The summed E-state index contributed by atoms with van der Waals surface area (Å²) in [7, 11) is 4.07. The van der Waals surface area contributed by atoms with Crippen molar-refractivity contribution >= 4 is 17.6 Å². The second-order valence-corrected chi connectivity index (χ2v) is 10.6. The van der Waals surface area contributed by atoms with Gasteiger partial charge in [-0.05, 0) is 64.8 Å². The van der Waals surface area contributed by atoms with E-state index in [9.17, 15) is 9.59 Å². The number of pyridine rings is 1. The Morgan fingerprint density at radius 1 is 1.03 bits per heavy atom. The monoisotopic (exact) mass is 442 g/mol. The van der Waals surface area contributed by atoms with Gasteiger partial charge in [-0.2, -0.15) is 0 Å². The number of piperazine rings is 1. The van der Waals surface area contributed by atoms with E-state index in [1.54, 1.807) is 4.90 Å². The Morgan fingerprint density at radius 3 is 2.31 bits per heavy atom. The Bertz CT molecular complexity index is 819. The SMILES string of the molecule is CN(C)C(C)(C)CN1CCN(C(=O)N2CCC3(CC2)CCN(c2ccncc2)C3)CC1=O. The Balaban J connectivity index is 1.28. The van der Waals surface area contributed by atoms with E-state index in [1.165, 1.54) is 12.1 Å². The number of piperidine rings is 1. The van der Waals surface area contributed by atoms with Gasteiger partial charge in [0, 0.05) is 69.4 Å². The molecule has 1 aromatic heterocycles. The van der Waals surface area contributed by atoms with Crippen molar-refractivity contribution in [3.63, 3.8) is 0 Å². The molecule has 0 aliphatic carbocycles. The molecule has 3 amide bonds. The molecule has 4 heterocycles. The smallest absolute Gasteiger partial charge is 0.320 e. The lowest BCUT2D eigenvalue weighted by atomic mass is 9.78. The van der Waals surface area contributed by atoms with E-state index >= 15 is 0 Å². The molecule has 0 radical (unpaired) electrons. The van der Waals surface area contributed by atoms with Crippen molar-refractivity contribution in [3.8, 4) is 0 Å². The fourth-order valence-electron chi connectivity index (χ4n) is 5.14. The molecule has 3 aliphatic heterocycles. The van der Waals surface area contributed by atoms with Crippen molar-refractivity contribution in [3.05, 3.63) is 24.5 Å². The van der Waals surface area contributed by atoms with Crippen LogP contribution >= 0.6 is 0 Å². The van der Waals surface area contributed by atoms with E-state index in [-0.39, 0.29) is 24.0 Å². The molecule has 4 rings (SSSR count). The van der Waals surface area contributed by atoms with Gasteiger partial charge in [0.05, 0.1) is 0 Å². The molecular weight excluding hydrogens is 404 g/mol. The van der Waals surface area contributed by atoms with Crippen molar-refractivity contribution in [2.45, 2.75) is 38.6 Å². The van der Waals surface area contributed by atoms with Gasteiger partial charge in [-0.25, -0.2) is 4.79 Å². The third-order valence-electron chi connectivity index (χ3n) is 7.94. The summed E-state index contributed by atoms with van der Waals surface area (Å²) in [6.45, 7) is 10.1. The van der Waals surface area contributed by atoms with Crippen LogP contribution in [0.3, 0.4) is 0 Å². The average Bonchev–Trinajstić information content (AvgIpc) is 3.19. The summed E-state index contributed by atoms with van der Waals surface area (Å²) in [6.07, 6.45) is 6.95. The molecule has 0 aromatic carbocycles. The number of carbonyl (C=O) groups excluding carboxylic acids is 2. The lowest BCUT2D eigenvalue weighted by Gasteiger charge is -2.44. The molecule has 176 valence electrons. The normalized spacial score (nSPS) is 21.7. The topological polar surface area (TPSA) is 63.2 Å². The highest BCUT2D eigenvalue weighted by molar-refractivity contribution is 5.85. The second kappa shape index (κ2) is 8.89. The minimum absolute atomic E-state index is 0.0312. The maximum absolute atomic E-state index is 13.1. The molecule has 0 bridgehead atoms. The standard InChI is InChI=1S/C24H38N6O2/c1-23(2,26(3)4)18-30-16-15-28(17-21(30)31)22(32)27-12-7-24(8-13-27)9-14-29(19-24)20-5-10-25-11-6-20/h5-6,10-11H,7-9,12-19H2,1-4H3. The van der Waals surface area contributed by atoms with Crippen LogP contribution in [0.25, 0.3) is 0 Å². The van der Waals surface area contributed by atoms with Crippen LogP contribution in [0.4, 0.5) is 10.5 Å². The quantitative estimate of drug-likeness (QED) is 0.714. The molecule has 0 atom stereocenters. The predicted octanol–water partition coefficient (Wildman–Crippen LogP) is 1.98. The zero-order valence-electron chi connectivity index (χ0n) is 20.1. The van der Waals surface area contributed by atoms with Gasteiger partial charge in [-0.15, -0.1) is 0 Å². The number of urea groups is 1. The first-order chi connectivity index (χ1) is 15.2. The Hall–Kier alpha value is -2.35. The first-order valence-corrected chi connectivity index (χ1v) is 11.8. The summed E-state index contributed by atoms with van der Waals surface area (Å²) in [5.41, 5.74) is 1.45. The van der Waals surface area contributed by atoms with Crippen molar-refractivity contribution in [2.24, 2.45) is 5.41 Å². The molecule has 8 heteroatoms. The summed E-state index contributed by atoms with van der Waals surface area (Å²) < 4.78 is 0. The first kappa shape index (κ1) is 22.8. The van der Waals surface area contributed by atoms with Crippen LogP contribution in [0.15, 0.2) is 24.5 Å². The highest BCUT2D eigenvalue weighted by atomic mass is 16.2. The minimum Gasteiger partial charge on any atom is -0.371 e. The number of aromatic nitrogens is 1. The van der Waals surface area contributed by atoms with Gasteiger partial charge >= 0.3 is 6.03 Å². The Labute approximate surface area is 192 Å². The van der Waals surface area contributed by atoms with Crippen LogP contribution in [-0.2, 0) is 4.79 Å². The molecule has 3 aliphatic rings. The van der Waals surface area contributed by atoms with Crippen LogP contribution in [0.5, 0.6) is 0 Å². The minimum atomic E-state index is -0.0888. The fraction of sp³-hybridized carbons (Fsp3) is 0.708. The molecule has 0 saturated carbocycles. The summed E-state index contributed by atoms with van der Waals surface area (Å²) in [5.74, 6) is 0.0526. The number of hydrogen-bond donors (Lipinski definition) is 0. The Morgan fingerprint density at radius 2 is 1.69 bits per heavy atom. The van der Waals surface area contributed by atoms with Crippen LogP contribution in [-0.4, -0.2) is 109 Å². The van der Waals surface area contributed by atoms with Crippen LogP contribution in [0.1, 0.15) is 33.1 Å². The van der Waals surface area contributed by atoms with E-state index in [0.717, 1.165) is 39.0 Å². The molecule has 8 nitrogen and oxygen atoms in total. The van der Waals surface area contributed by atoms with Gasteiger partial charge in [0.1, 0.15) is 6.54 Å². The van der Waals surface area contributed by atoms with Crippen LogP contribution in [0.2, 0.25) is 0 Å². The van der Waals surface area contributed by atoms with Gasteiger partial charge in [0.15, 0.2) is 0 Å². The third-order valence-corrected chi connectivity index (χ3v) is 7.94.